The monoisotopic (exact) mass is 415 g/mol. The molecule has 7 heteroatoms. The maximum atomic E-state index is 12.6. The quantitative estimate of drug-likeness (QED) is 0.682. The van der Waals surface area contributed by atoms with E-state index in [1.807, 2.05) is 24.3 Å². The summed E-state index contributed by atoms with van der Waals surface area (Å²) < 4.78 is 0. The van der Waals surface area contributed by atoms with Gasteiger partial charge in [0.15, 0.2) is 0 Å². The van der Waals surface area contributed by atoms with Crippen molar-refractivity contribution in [3.63, 3.8) is 0 Å². The van der Waals surface area contributed by atoms with Gasteiger partial charge in [-0.25, -0.2) is 4.98 Å². The Kier molecular flexibility index (Phi) is 5.51. The smallest absolute Gasteiger partial charge is 0.259 e. The normalized spacial score (nSPS) is 13.5. The number of fused-ring (bicyclic) bond motifs is 3. The molecule has 28 heavy (non-hydrogen) atoms. The first-order chi connectivity index (χ1) is 13.5. The van der Waals surface area contributed by atoms with Gasteiger partial charge in [0.05, 0.1) is 5.39 Å². The Morgan fingerprint density at radius 2 is 2.14 bits per heavy atom. The Labute approximate surface area is 172 Å². The standard InChI is InChI=1S/C21H22ClN3O2S/c1-25(12-13-5-4-6-14(22)11-13)18(26)10-9-17-23-20(27)19-15-7-2-3-8-16(15)28-21(19)24-17/h4-6,11H,2-3,7-10,12H2,1H3,(H,23,24,27). The lowest BCUT2D eigenvalue weighted by atomic mass is 9.97. The van der Waals surface area contributed by atoms with Gasteiger partial charge in [0, 0.05) is 36.3 Å². The summed E-state index contributed by atoms with van der Waals surface area (Å²) >= 11 is 7.64. The number of benzene rings is 1. The van der Waals surface area contributed by atoms with E-state index in [1.165, 1.54) is 16.9 Å². The Bertz CT molecular complexity index is 1090. The third kappa shape index (κ3) is 3.98. The number of nitrogens with one attached hydrogen (secondary N) is 1. The number of halogens is 1. The van der Waals surface area contributed by atoms with Gasteiger partial charge < -0.3 is 9.88 Å². The highest BCUT2D eigenvalue weighted by Crippen LogP contribution is 2.33. The molecule has 0 bridgehead atoms. The molecule has 2 heterocycles. The molecule has 0 aliphatic heterocycles. The Morgan fingerprint density at radius 1 is 1.32 bits per heavy atom. The molecule has 5 nitrogen and oxygen atoms in total. The molecule has 1 aromatic carbocycles. The van der Waals surface area contributed by atoms with Crippen LogP contribution >= 0.6 is 22.9 Å². The fourth-order valence-corrected chi connectivity index (χ4v) is 5.23. The predicted octanol–water partition coefficient (Wildman–Crippen LogP) is 4.11. The number of aryl methyl sites for hydroxylation is 3. The molecule has 0 spiro atoms. The predicted molar refractivity (Wildman–Crippen MR) is 113 cm³/mol. The van der Waals surface area contributed by atoms with Gasteiger partial charge in [0.1, 0.15) is 10.7 Å². The molecule has 0 unspecified atom stereocenters. The molecular formula is C21H22ClN3O2S. The van der Waals surface area contributed by atoms with E-state index in [2.05, 4.69) is 9.97 Å². The van der Waals surface area contributed by atoms with Gasteiger partial charge in [0.25, 0.3) is 5.56 Å². The number of rotatable bonds is 5. The van der Waals surface area contributed by atoms with Gasteiger partial charge in [0.2, 0.25) is 5.91 Å². The largest absolute Gasteiger partial charge is 0.341 e. The van der Waals surface area contributed by atoms with Gasteiger partial charge in [-0.05, 0) is 48.9 Å². The van der Waals surface area contributed by atoms with Gasteiger partial charge in [-0.2, -0.15) is 0 Å². The molecule has 0 saturated heterocycles. The number of amides is 1. The zero-order valence-electron chi connectivity index (χ0n) is 15.8. The molecule has 2 aromatic heterocycles. The van der Waals surface area contributed by atoms with Crippen LogP contribution in [0.5, 0.6) is 0 Å². The highest BCUT2D eigenvalue weighted by molar-refractivity contribution is 7.18. The number of nitrogens with zero attached hydrogens (tertiary/aromatic N) is 2. The summed E-state index contributed by atoms with van der Waals surface area (Å²) in [5, 5.41) is 1.42. The van der Waals surface area contributed by atoms with Crippen LogP contribution in [-0.2, 0) is 30.6 Å². The van der Waals surface area contributed by atoms with Crippen LogP contribution in [0.1, 0.15) is 41.1 Å². The van der Waals surface area contributed by atoms with Crippen LogP contribution in [-0.4, -0.2) is 27.8 Å². The summed E-state index contributed by atoms with van der Waals surface area (Å²) in [6.07, 6.45) is 5.04. The fourth-order valence-electron chi connectivity index (χ4n) is 3.74. The second-order valence-corrected chi connectivity index (χ2v) is 8.80. The number of aromatic nitrogens is 2. The van der Waals surface area contributed by atoms with Crippen molar-refractivity contribution in [2.45, 2.75) is 45.1 Å². The number of carbonyl (C=O) groups excluding carboxylic acids is 1. The first-order valence-corrected chi connectivity index (χ1v) is 10.7. The minimum atomic E-state index is -0.0702. The van der Waals surface area contributed by atoms with Crippen LogP contribution < -0.4 is 5.56 Å². The number of hydrogen-bond donors (Lipinski definition) is 1. The number of hydrogen-bond acceptors (Lipinski definition) is 4. The van der Waals surface area contributed by atoms with Crippen molar-refractivity contribution in [1.82, 2.24) is 14.9 Å². The first kappa shape index (κ1) is 19.2. The van der Waals surface area contributed by atoms with Gasteiger partial charge in [-0.1, -0.05) is 23.7 Å². The lowest BCUT2D eigenvalue weighted by Gasteiger charge is -2.17. The lowest BCUT2D eigenvalue weighted by Crippen LogP contribution is -2.26. The van der Waals surface area contributed by atoms with Crippen LogP contribution in [0.25, 0.3) is 10.2 Å². The van der Waals surface area contributed by atoms with Crippen LogP contribution in [0.3, 0.4) is 0 Å². The summed E-state index contributed by atoms with van der Waals surface area (Å²) in [7, 11) is 1.77. The SMILES string of the molecule is CN(Cc1cccc(Cl)c1)C(=O)CCc1nc2sc3c(c2c(=O)[nH]1)CCCC3. The van der Waals surface area contributed by atoms with E-state index in [4.69, 9.17) is 11.6 Å². The fraction of sp³-hybridized carbons (Fsp3) is 0.381. The molecule has 0 saturated carbocycles. The maximum Gasteiger partial charge on any atom is 0.259 e. The summed E-state index contributed by atoms with van der Waals surface area (Å²) in [5.74, 6) is 0.591. The topological polar surface area (TPSA) is 66.1 Å². The van der Waals surface area contributed by atoms with Crippen molar-refractivity contribution in [2.75, 3.05) is 7.05 Å². The molecule has 0 radical (unpaired) electrons. The molecule has 0 atom stereocenters. The maximum absolute atomic E-state index is 12.6. The molecule has 0 fully saturated rings. The van der Waals surface area contributed by atoms with Crippen molar-refractivity contribution in [3.05, 3.63) is 61.5 Å². The Hall–Kier alpha value is -2.18. The zero-order chi connectivity index (χ0) is 19.7. The highest BCUT2D eigenvalue weighted by atomic mass is 35.5. The second kappa shape index (κ2) is 8.05. The number of aromatic amines is 1. The zero-order valence-corrected chi connectivity index (χ0v) is 17.3. The molecule has 1 N–H and O–H groups in total. The average Bonchev–Trinajstić information content (AvgIpc) is 3.05. The average molecular weight is 416 g/mol. The minimum Gasteiger partial charge on any atom is -0.341 e. The van der Waals surface area contributed by atoms with Gasteiger partial charge in [-0.15, -0.1) is 11.3 Å². The van der Waals surface area contributed by atoms with E-state index in [9.17, 15) is 9.59 Å². The van der Waals surface area contributed by atoms with Crippen LogP contribution in [0.15, 0.2) is 29.1 Å². The molecule has 146 valence electrons. The molecule has 4 rings (SSSR count). The summed E-state index contributed by atoms with van der Waals surface area (Å²) in [6.45, 7) is 0.500. The Morgan fingerprint density at radius 3 is 2.96 bits per heavy atom. The van der Waals surface area contributed by atoms with Crippen LogP contribution in [0.2, 0.25) is 5.02 Å². The van der Waals surface area contributed by atoms with E-state index >= 15 is 0 Å². The third-order valence-corrected chi connectivity index (χ3v) is 6.61. The van der Waals surface area contributed by atoms with Crippen LogP contribution in [0, 0.1) is 0 Å². The second-order valence-electron chi connectivity index (χ2n) is 7.28. The van der Waals surface area contributed by atoms with E-state index < -0.39 is 0 Å². The first-order valence-electron chi connectivity index (χ1n) is 9.53. The van der Waals surface area contributed by atoms with Crippen molar-refractivity contribution >= 4 is 39.1 Å². The molecule has 3 aromatic rings. The van der Waals surface area contributed by atoms with Crippen molar-refractivity contribution in [2.24, 2.45) is 0 Å². The van der Waals surface area contributed by atoms with E-state index in [-0.39, 0.29) is 11.5 Å². The highest BCUT2D eigenvalue weighted by Gasteiger charge is 2.20. The molecular weight excluding hydrogens is 394 g/mol. The summed E-state index contributed by atoms with van der Waals surface area (Å²) in [5.41, 5.74) is 2.10. The number of H-pyrrole nitrogens is 1. The van der Waals surface area contributed by atoms with E-state index in [0.29, 0.717) is 30.2 Å². The van der Waals surface area contributed by atoms with Crippen molar-refractivity contribution in [1.29, 1.82) is 0 Å². The Balaban J connectivity index is 1.45. The summed E-state index contributed by atoms with van der Waals surface area (Å²) in [4.78, 5) is 36.4. The third-order valence-electron chi connectivity index (χ3n) is 5.18. The number of thiophene rings is 1. The lowest BCUT2D eigenvalue weighted by molar-refractivity contribution is -0.130. The molecule has 1 aliphatic rings. The molecule has 1 amide bonds. The molecule has 1 aliphatic carbocycles. The number of carbonyl (C=O) groups is 1. The van der Waals surface area contributed by atoms with E-state index in [0.717, 1.165) is 35.0 Å². The minimum absolute atomic E-state index is 0.00759. The van der Waals surface area contributed by atoms with E-state index in [1.54, 1.807) is 23.3 Å². The van der Waals surface area contributed by atoms with Gasteiger partial charge in [-0.3, -0.25) is 9.59 Å². The van der Waals surface area contributed by atoms with Crippen molar-refractivity contribution in [3.8, 4) is 0 Å². The van der Waals surface area contributed by atoms with Gasteiger partial charge >= 0.3 is 0 Å². The van der Waals surface area contributed by atoms with Crippen molar-refractivity contribution < 1.29 is 4.79 Å². The summed E-state index contributed by atoms with van der Waals surface area (Å²) in [6, 6.07) is 7.49. The van der Waals surface area contributed by atoms with Crippen LogP contribution in [0.4, 0.5) is 0 Å².